The number of piperidine rings is 1. The fraction of sp³-hybridized carbons (Fsp3) is 0.622. The van der Waals surface area contributed by atoms with Crippen LogP contribution in [0, 0.1) is 18.8 Å². The summed E-state index contributed by atoms with van der Waals surface area (Å²) >= 11 is 1.05. The first-order valence-electron chi connectivity index (χ1n) is 17.7. The highest BCUT2D eigenvalue weighted by Crippen LogP contribution is 2.25. The Morgan fingerprint density at radius 2 is 1.86 bits per heavy atom. The molecule has 0 aliphatic carbocycles. The zero-order chi connectivity index (χ0) is 37.0. The molecule has 0 spiro atoms. The highest BCUT2D eigenvalue weighted by atomic mass is 32.1. The van der Waals surface area contributed by atoms with Crippen molar-refractivity contribution < 1.29 is 33.8 Å². The number of ketones is 1. The van der Waals surface area contributed by atoms with E-state index in [0.717, 1.165) is 42.7 Å². The molecule has 1 aromatic heterocycles. The van der Waals surface area contributed by atoms with Crippen LogP contribution >= 0.6 is 11.3 Å². The molecule has 13 heteroatoms. The number of carboxylic acid groups (broad SMARTS) is 1. The van der Waals surface area contributed by atoms with Crippen molar-refractivity contribution in [3.63, 3.8) is 0 Å². The van der Waals surface area contributed by atoms with Crippen LogP contribution in [0.25, 0.3) is 0 Å². The van der Waals surface area contributed by atoms with Crippen LogP contribution < -0.4 is 10.6 Å². The Morgan fingerprint density at radius 1 is 1.14 bits per heavy atom. The number of carboxylic acids is 1. The fourth-order valence-electron chi connectivity index (χ4n) is 6.45. The van der Waals surface area contributed by atoms with Crippen LogP contribution in [0.15, 0.2) is 29.6 Å². The van der Waals surface area contributed by atoms with Gasteiger partial charge in [0.2, 0.25) is 11.8 Å². The molecule has 0 radical (unpaired) electrons. The van der Waals surface area contributed by atoms with Crippen molar-refractivity contribution in [3.8, 4) is 0 Å². The molecule has 0 saturated carbocycles. The normalized spacial score (nSPS) is 17.4. The number of aryl methyl sites for hydroxylation is 1. The van der Waals surface area contributed by atoms with E-state index in [-0.39, 0.29) is 78.7 Å². The molecule has 1 aromatic carbocycles. The first-order valence-corrected chi connectivity index (χ1v) is 18.5. The maximum absolute atomic E-state index is 14.3. The number of ether oxygens (including phenoxy) is 1. The molecule has 2 aromatic rings. The van der Waals surface area contributed by atoms with Crippen LogP contribution in [0.4, 0.5) is 0 Å². The summed E-state index contributed by atoms with van der Waals surface area (Å²) in [4.78, 5) is 74.4. The summed E-state index contributed by atoms with van der Waals surface area (Å²) in [7, 11) is 3.49. The molecule has 1 fully saturated rings. The van der Waals surface area contributed by atoms with Crippen LogP contribution in [0.2, 0.25) is 0 Å². The summed E-state index contributed by atoms with van der Waals surface area (Å²) in [5.41, 5.74) is 1.63. The van der Waals surface area contributed by atoms with Gasteiger partial charge in [0.1, 0.15) is 11.7 Å². The SMILES string of the molecule is CCC(C)C(NC(=O)C1CCCCN1C)C(=O)N(CCOC)[C@H](CC(=O)c1nc(C(=O)NCC[C@@H](C(=O)O)c2ccccc2C)cs1)C(C)C. The van der Waals surface area contributed by atoms with Gasteiger partial charge < -0.3 is 25.4 Å². The van der Waals surface area contributed by atoms with Crippen LogP contribution in [-0.4, -0.2) is 108 Å². The largest absolute Gasteiger partial charge is 0.481 e. The van der Waals surface area contributed by atoms with E-state index in [1.165, 1.54) is 5.38 Å². The number of hydrogen-bond acceptors (Lipinski definition) is 9. The lowest BCUT2D eigenvalue weighted by Gasteiger charge is -2.39. The summed E-state index contributed by atoms with van der Waals surface area (Å²) in [6, 6.07) is 5.70. The molecule has 3 amide bonds. The maximum Gasteiger partial charge on any atom is 0.311 e. The minimum atomic E-state index is -0.970. The number of aliphatic carboxylic acids is 1. The molecular formula is C37H55N5O7S. The Balaban J connectivity index is 1.73. The molecule has 50 heavy (non-hydrogen) atoms. The van der Waals surface area contributed by atoms with E-state index in [9.17, 15) is 29.1 Å². The molecule has 3 unspecified atom stereocenters. The highest BCUT2D eigenvalue weighted by Gasteiger charge is 2.38. The number of Topliss-reactive ketones (excluding diaryl/α,β-unsaturated/α-hetero) is 1. The fourth-order valence-corrected chi connectivity index (χ4v) is 7.20. The van der Waals surface area contributed by atoms with Crippen LogP contribution in [-0.2, 0) is 19.1 Å². The molecule has 3 rings (SSSR count). The molecule has 1 aliphatic rings. The summed E-state index contributed by atoms with van der Waals surface area (Å²) in [6.07, 6.45) is 3.58. The topological polar surface area (TPSA) is 158 Å². The Labute approximate surface area is 300 Å². The number of likely N-dealkylation sites (tertiary alicyclic amines) is 1. The lowest BCUT2D eigenvalue weighted by Crippen LogP contribution is -2.59. The van der Waals surface area contributed by atoms with Gasteiger partial charge in [0, 0.05) is 38.0 Å². The third-order valence-electron chi connectivity index (χ3n) is 9.79. The molecular weight excluding hydrogens is 659 g/mol. The highest BCUT2D eigenvalue weighted by molar-refractivity contribution is 7.11. The molecule has 1 saturated heterocycles. The van der Waals surface area contributed by atoms with Crippen molar-refractivity contribution in [3.05, 3.63) is 51.5 Å². The number of thiazole rings is 1. The number of carbonyl (C=O) groups excluding carboxylic acids is 4. The van der Waals surface area contributed by atoms with Crippen LogP contribution in [0.1, 0.15) is 104 Å². The van der Waals surface area contributed by atoms with Gasteiger partial charge >= 0.3 is 5.97 Å². The average Bonchev–Trinajstić information content (AvgIpc) is 3.59. The summed E-state index contributed by atoms with van der Waals surface area (Å²) < 4.78 is 5.36. The summed E-state index contributed by atoms with van der Waals surface area (Å²) in [6.45, 7) is 11.1. The summed E-state index contributed by atoms with van der Waals surface area (Å²) in [5.74, 6) is -3.21. The average molecular weight is 714 g/mol. The number of aromatic nitrogens is 1. The Bertz CT molecular complexity index is 1460. The molecule has 0 bridgehead atoms. The van der Waals surface area contributed by atoms with Gasteiger partial charge in [-0.1, -0.05) is 64.8 Å². The van der Waals surface area contributed by atoms with Crippen molar-refractivity contribution in [1.82, 2.24) is 25.4 Å². The van der Waals surface area contributed by atoms with E-state index in [0.29, 0.717) is 12.0 Å². The van der Waals surface area contributed by atoms with Gasteiger partial charge in [-0.3, -0.25) is 28.9 Å². The lowest BCUT2D eigenvalue weighted by molar-refractivity contribution is -0.142. The Morgan fingerprint density at radius 3 is 2.48 bits per heavy atom. The number of rotatable bonds is 19. The van der Waals surface area contributed by atoms with Gasteiger partial charge in [-0.25, -0.2) is 4.98 Å². The Hall–Kier alpha value is -3.68. The quantitative estimate of drug-likeness (QED) is 0.178. The zero-order valence-electron chi connectivity index (χ0n) is 30.6. The van der Waals surface area contributed by atoms with E-state index in [4.69, 9.17) is 4.74 Å². The van der Waals surface area contributed by atoms with Gasteiger partial charge in [-0.05, 0) is 62.7 Å². The van der Waals surface area contributed by atoms with Gasteiger partial charge in [0.05, 0.1) is 18.6 Å². The van der Waals surface area contributed by atoms with Gasteiger partial charge in [0.15, 0.2) is 10.8 Å². The number of likely N-dealkylation sites (N-methyl/N-ethyl adjacent to an activating group) is 1. The monoisotopic (exact) mass is 713 g/mol. The number of nitrogens with one attached hydrogen (secondary N) is 2. The molecule has 3 N–H and O–H groups in total. The number of benzene rings is 1. The number of methoxy groups -OCH3 is 1. The van der Waals surface area contributed by atoms with E-state index >= 15 is 0 Å². The number of hydrogen-bond donors (Lipinski definition) is 3. The van der Waals surface area contributed by atoms with E-state index in [2.05, 4.69) is 15.6 Å². The van der Waals surface area contributed by atoms with Crippen molar-refractivity contribution >= 4 is 40.8 Å². The minimum Gasteiger partial charge on any atom is -0.481 e. The second kappa shape index (κ2) is 19.6. The first-order chi connectivity index (χ1) is 23.8. The molecule has 276 valence electrons. The van der Waals surface area contributed by atoms with E-state index in [1.807, 2.05) is 58.7 Å². The maximum atomic E-state index is 14.3. The predicted octanol–water partition coefficient (Wildman–Crippen LogP) is 4.53. The second-order valence-corrected chi connectivity index (χ2v) is 14.5. The predicted molar refractivity (Wildman–Crippen MR) is 193 cm³/mol. The van der Waals surface area contributed by atoms with Gasteiger partial charge in [-0.2, -0.15) is 0 Å². The molecule has 5 atom stereocenters. The third kappa shape index (κ3) is 10.9. The second-order valence-electron chi connectivity index (χ2n) is 13.7. The van der Waals surface area contributed by atoms with E-state index < -0.39 is 29.9 Å². The zero-order valence-corrected chi connectivity index (χ0v) is 31.4. The van der Waals surface area contributed by atoms with Crippen molar-refractivity contribution in [2.45, 2.75) is 97.2 Å². The molecule has 1 aliphatic heterocycles. The van der Waals surface area contributed by atoms with Crippen molar-refractivity contribution in [2.75, 3.05) is 40.4 Å². The van der Waals surface area contributed by atoms with Crippen LogP contribution in [0.3, 0.4) is 0 Å². The smallest absolute Gasteiger partial charge is 0.311 e. The van der Waals surface area contributed by atoms with Gasteiger partial charge in [0.25, 0.3) is 5.91 Å². The number of amides is 3. The third-order valence-corrected chi connectivity index (χ3v) is 10.7. The van der Waals surface area contributed by atoms with Crippen LogP contribution in [0.5, 0.6) is 0 Å². The number of carbonyl (C=O) groups is 5. The standard InChI is InChI=1S/C37H55N5O7S/c1-8-24(4)32(40-34(45)29-15-11-12-18-41(29)6)36(46)42(19-20-49-7)30(23(2)3)21-31(43)35-39-28(22-50-35)33(44)38-17-16-27(37(47)48)26-14-10-9-13-25(26)5/h9-10,13-14,22-24,27,29-30,32H,8,11-12,15-21H2,1-7H3,(H,38,44)(H,40,45)(H,47,48)/t24?,27-,29?,30-,32?/m1/s1. The minimum absolute atomic E-state index is 0.0229. The molecule has 12 nitrogen and oxygen atoms in total. The number of nitrogens with zero attached hydrogens (tertiary/aromatic N) is 3. The van der Waals surface area contributed by atoms with Gasteiger partial charge in [-0.15, -0.1) is 11.3 Å². The van der Waals surface area contributed by atoms with Crippen molar-refractivity contribution in [2.24, 2.45) is 11.8 Å². The van der Waals surface area contributed by atoms with E-state index in [1.54, 1.807) is 24.1 Å². The lowest BCUT2D eigenvalue weighted by atomic mass is 9.92. The van der Waals surface area contributed by atoms with Crippen molar-refractivity contribution in [1.29, 1.82) is 0 Å². The summed E-state index contributed by atoms with van der Waals surface area (Å²) in [5, 5.41) is 17.3. The Kier molecular flexibility index (Phi) is 16.0. The first kappa shape index (κ1) is 40.7. The molecule has 2 heterocycles.